The van der Waals surface area contributed by atoms with Gasteiger partial charge in [0.15, 0.2) is 0 Å². The summed E-state index contributed by atoms with van der Waals surface area (Å²) >= 11 is 0. The highest BCUT2D eigenvalue weighted by Crippen LogP contribution is 2.68. The molecule has 0 amide bonds. The largest absolute Gasteiger partial charge is 0.393 e. The van der Waals surface area contributed by atoms with E-state index in [-0.39, 0.29) is 12.2 Å². The van der Waals surface area contributed by atoms with Crippen molar-refractivity contribution >= 4 is 0 Å². The van der Waals surface area contributed by atoms with E-state index in [1.807, 2.05) is 0 Å². The topological polar surface area (TPSA) is 40.5 Å². The predicted octanol–water partition coefficient (Wildman–Crippen LogP) is 5.41. The molecular formula is C24H42O2. The summed E-state index contributed by atoms with van der Waals surface area (Å²) in [6, 6.07) is 0. The fraction of sp³-hybridized carbons (Fsp3) is 1.00. The van der Waals surface area contributed by atoms with Gasteiger partial charge < -0.3 is 10.2 Å². The molecular weight excluding hydrogens is 320 g/mol. The van der Waals surface area contributed by atoms with Crippen LogP contribution >= 0.6 is 0 Å². The van der Waals surface area contributed by atoms with Crippen LogP contribution < -0.4 is 0 Å². The first kappa shape index (κ1) is 19.2. The molecule has 10 atom stereocenters. The van der Waals surface area contributed by atoms with Crippen LogP contribution in [0.4, 0.5) is 0 Å². The Hall–Kier alpha value is -0.0800. The molecule has 26 heavy (non-hydrogen) atoms. The van der Waals surface area contributed by atoms with Crippen LogP contribution in [0.2, 0.25) is 0 Å². The molecule has 150 valence electrons. The van der Waals surface area contributed by atoms with Gasteiger partial charge in [0.1, 0.15) is 0 Å². The fourth-order valence-corrected chi connectivity index (χ4v) is 8.83. The highest BCUT2D eigenvalue weighted by molar-refractivity contribution is 5.11. The van der Waals surface area contributed by atoms with Crippen LogP contribution in [-0.4, -0.2) is 22.4 Å². The van der Waals surface area contributed by atoms with E-state index in [0.29, 0.717) is 28.6 Å². The maximum absolute atomic E-state index is 11.3. The fourth-order valence-electron chi connectivity index (χ4n) is 8.83. The lowest BCUT2D eigenvalue weighted by Gasteiger charge is -2.62. The summed E-state index contributed by atoms with van der Waals surface area (Å²) in [6.07, 6.45) is 11.8. The summed E-state index contributed by atoms with van der Waals surface area (Å²) in [4.78, 5) is 0. The Bertz CT molecular complexity index is 518. The molecule has 4 fully saturated rings. The standard InChI is InChI=1S/C24H42O2/c1-5-6-15(2)18-7-8-19-22-20(10-12-24(18,19)4)23(3)11-9-17(25)13-16(23)14-21(22)26/h15-22,25-26H,5-14H2,1-4H3/t15-,16+,17-,18-,19?,20?,21?,22+,23+,24-/m1/s1. The van der Waals surface area contributed by atoms with Crippen molar-refractivity contribution in [3.8, 4) is 0 Å². The molecule has 0 aromatic carbocycles. The normalized spacial score (nSPS) is 54.9. The first-order chi connectivity index (χ1) is 12.3. The second-order valence-corrected chi connectivity index (χ2v) is 11.2. The maximum atomic E-state index is 11.3. The monoisotopic (exact) mass is 362 g/mol. The molecule has 4 aliphatic rings. The molecule has 0 bridgehead atoms. The quantitative estimate of drug-likeness (QED) is 0.704. The third-order valence-corrected chi connectivity index (χ3v) is 10.2. The highest BCUT2D eigenvalue weighted by atomic mass is 16.3. The van der Waals surface area contributed by atoms with Gasteiger partial charge in [-0.15, -0.1) is 0 Å². The second-order valence-electron chi connectivity index (χ2n) is 11.2. The molecule has 4 saturated carbocycles. The second kappa shape index (κ2) is 6.76. The van der Waals surface area contributed by atoms with Crippen molar-refractivity contribution in [2.45, 2.75) is 104 Å². The van der Waals surface area contributed by atoms with Gasteiger partial charge in [0.2, 0.25) is 0 Å². The molecule has 3 unspecified atom stereocenters. The van der Waals surface area contributed by atoms with E-state index in [1.165, 1.54) is 44.9 Å². The van der Waals surface area contributed by atoms with E-state index in [1.54, 1.807) is 0 Å². The number of hydrogen-bond donors (Lipinski definition) is 2. The van der Waals surface area contributed by atoms with Crippen molar-refractivity contribution in [3.05, 3.63) is 0 Å². The van der Waals surface area contributed by atoms with Crippen LogP contribution in [0.15, 0.2) is 0 Å². The minimum atomic E-state index is -0.131. The zero-order chi connectivity index (χ0) is 18.7. The first-order valence-corrected chi connectivity index (χ1v) is 11.7. The maximum Gasteiger partial charge on any atom is 0.0577 e. The van der Waals surface area contributed by atoms with E-state index in [9.17, 15) is 10.2 Å². The average Bonchev–Trinajstić information content (AvgIpc) is 2.94. The SMILES string of the molecule is CCC[C@@H](C)[C@H]1CCC2[C@@H]3C(O)C[C@@H]4C[C@H](O)CC[C@]4(C)C3CC[C@@]21C. The third-order valence-electron chi connectivity index (χ3n) is 10.2. The van der Waals surface area contributed by atoms with Crippen molar-refractivity contribution in [2.75, 3.05) is 0 Å². The van der Waals surface area contributed by atoms with Crippen LogP contribution in [0.3, 0.4) is 0 Å². The summed E-state index contributed by atoms with van der Waals surface area (Å²) < 4.78 is 0. The average molecular weight is 363 g/mol. The van der Waals surface area contributed by atoms with Gasteiger partial charge in [0.05, 0.1) is 12.2 Å². The van der Waals surface area contributed by atoms with Gasteiger partial charge in [0, 0.05) is 0 Å². The highest BCUT2D eigenvalue weighted by Gasteiger charge is 2.62. The Morgan fingerprint density at radius 2 is 1.62 bits per heavy atom. The molecule has 0 aromatic rings. The van der Waals surface area contributed by atoms with Crippen molar-refractivity contribution in [2.24, 2.45) is 46.3 Å². The Morgan fingerprint density at radius 1 is 0.923 bits per heavy atom. The first-order valence-electron chi connectivity index (χ1n) is 11.7. The molecule has 4 aliphatic carbocycles. The Kier molecular flexibility index (Phi) is 5.01. The number of hydrogen-bond acceptors (Lipinski definition) is 2. The molecule has 0 heterocycles. The predicted molar refractivity (Wildman–Crippen MR) is 107 cm³/mol. The lowest BCUT2D eigenvalue weighted by Crippen LogP contribution is -2.58. The molecule has 4 rings (SSSR count). The molecule has 0 saturated heterocycles. The van der Waals surface area contributed by atoms with Gasteiger partial charge in [-0.1, -0.05) is 40.5 Å². The molecule has 2 nitrogen and oxygen atoms in total. The van der Waals surface area contributed by atoms with Crippen LogP contribution in [0.5, 0.6) is 0 Å². The van der Waals surface area contributed by atoms with Crippen molar-refractivity contribution < 1.29 is 10.2 Å². The van der Waals surface area contributed by atoms with E-state index >= 15 is 0 Å². The number of fused-ring (bicyclic) bond motifs is 5. The number of rotatable bonds is 3. The van der Waals surface area contributed by atoms with Crippen molar-refractivity contribution in [1.29, 1.82) is 0 Å². The van der Waals surface area contributed by atoms with E-state index in [2.05, 4.69) is 27.7 Å². The zero-order valence-electron chi connectivity index (χ0n) is 17.6. The Morgan fingerprint density at radius 3 is 2.35 bits per heavy atom. The van der Waals surface area contributed by atoms with E-state index in [4.69, 9.17) is 0 Å². The summed E-state index contributed by atoms with van der Waals surface area (Å²) in [5, 5.41) is 21.5. The van der Waals surface area contributed by atoms with Crippen LogP contribution in [-0.2, 0) is 0 Å². The van der Waals surface area contributed by atoms with Gasteiger partial charge in [-0.05, 0) is 97.7 Å². The van der Waals surface area contributed by atoms with Gasteiger partial charge in [-0.25, -0.2) is 0 Å². The Labute approximate surface area is 161 Å². The zero-order valence-corrected chi connectivity index (χ0v) is 17.6. The summed E-state index contributed by atoms with van der Waals surface area (Å²) in [6.45, 7) is 9.92. The van der Waals surface area contributed by atoms with Crippen molar-refractivity contribution in [1.82, 2.24) is 0 Å². The van der Waals surface area contributed by atoms with Gasteiger partial charge in [0.25, 0.3) is 0 Å². The molecule has 2 N–H and O–H groups in total. The van der Waals surface area contributed by atoms with Crippen molar-refractivity contribution in [3.63, 3.8) is 0 Å². The summed E-state index contributed by atoms with van der Waals surface area (Å²) in [5.41, 5.74) is 0.811. The number of aliphatic hydroxyl groups is 2. The molecule has 0 radical (unpaired) electrons. The molecule has 0 aromatic heterocycles. The van der Waals surface area contributed by atoms with E-state index < -0.39 is 0 Å². The summed E-state index contributed by atoms with van der Waals surface area (Å²) in [7, 11) is 0. The van der Waals surface area contributed by atoms with Crippen LogP contribution in [0.25, 0.3) is 0 Å². The number of aliphatic hydroxyl groups excluding tert-OH is 2. The molecule has 0 spiro atoms. The van der Waals surface area contributed by atoms with Gasteiger partial charge >= 0.3 is 0 Å². The van der Waals surface area contributed by atoms with Crippen LogP contribution in [0.1, 0.15) is 91.9 Å². The van der Waals surface area contributed by atoms with E-state index in [0.717, 1.165) is 37.0 Å². The third kappa shape index (κ3) is 2.72. The lowest BCUT2D eigenvalue weighted by molar-refractivity contribution is -0.174. The molecule has 0 aliphatic heterocycles. The van der Waals surface area contributed by atoms with Gasteiger partial charge in [-0.3, -0.25) is 0 Å². The summed E-state index contributed by atoms with van der Waals surface area (Å²) in [5.74, 6) is 4.15. The van der Waals surface area contributed by atoms with Gasteiger partial charge in [-0.2, -0.15) is 0 Å². The minimum absolute atomic E-state index is 0.128. The molecule has 2 heteroatoms. The lowest BCUT2D eigenvalue weighted by atomic mass is 9.43. The Balaban J connectivity index is 1.61. The minimum Gasteiger partial charge on any atom is -0.393 e. The van der Waals surface area contributed by atoms with Crippen LogP contribution in [0, 0.1) is 46.3 Å². The smallest absolute Gasteiger partial charge is 0.0577 e.